The fourth-order valence-electron chi connectivity index (χ4n) is 1.56. The van der Waals surface area contributed by atoms with E-state index in [1.807, 2.05) is 0 Å². The van der Waals surface area contributed by atoms with Gasteiger partial charge in [0.25, 0.3) is 0 Å². The highest BCUT2D eigenvalue weighted by atomic mass is 79.9. The number of hydrogen-bond acceptors (Lipinski definition) is 5. The third-order valence-electron chi connectivity index (χ3n) is 2.80. The van der Waals surface area contributed by atoms with Crippen molar-refractivity contribution in [2.24, 2.45) is 5.92 Å². The number of aliphatic hydroxyl groups excluding tert-OH is 1. The molecule has 1 aliphatic rings. The molecule has 1 fully saturated rings. The first-order valence-corrected chi connectivity index (χ1v) is 8.61. The molecule has 6 nitrogen and oxygen atoms in total. The number of aromatic carboxylic acids is 1. The van der Waals surface area contributed by atoms with E-state index in [0.717, 1.165) is 30.2 Å². The van der Waals surface area contributed by atoms with Crippen LogP contribution in [0.2, 0.25) is 0 Å². The van der Waals surface area contributed by atoms with Crippen LogP contribution in [0.4, 0.5) is 0 Å². The topological polar surface area (TPSA) is 104 Å². The molecule has 1 aromatic rings. The smallest absolute Gasteiger partial charge is 0.345 e. The van der Waals surface area contributed by atoms with E-state index in [4.69, 9.17) is 5.11 Å². The molecule has 1 heterocycles. The molecule has 1 aliphatic carbocycles. The van der Waals surface area contributed by atoms with Crippen LogP contribution < -0.4 is 4.72 Å². The SMILES string of the molecule is O=C(O)c1cc(S(=O)(=O)NCC(O)C2CC2)c(Br)s1. The third-order valence-corrected chi connectivity index (χ3v) is 6.47. The maximum atomic E-state index is 12.0. The molecule has 1 aromatic heterocycles. The van der Waals surface area contributed by atoms with E-state index in [9.17, 15) is 18.3 Å². The summed E-state index contributed by atoms with van der Waals surface area (Å²) >= 11 is 3.88. The monoisotopic (exact) mass is 369 g/mol. The van der Waals surface area contributed by atoms with Gasteiger partial charge in [0.15, 0.2) is 0 Å². The van der Waals surface area contributed by atoms with Gasteiger partial charge in [0, 0.05) is 6.54 Å². The Morgan fingerprint density at radius 1 is 1.58 bits per heavy atom. The lowest BCUT2D eigenvalue weighted by Gasteiger charge is -2.10. The number of carbonyl (C=O) groups is 1. The lowest BCUT2D eigenvalue weighted by atomic mass is 10.2. The van der Waals surface area contributed by atoms with Crippen molar-refractivity contribution in [1.82, 2.24) is 4.72 Å². The predicted octanol–water partition coefficient (Wildman–Crippen LogP) is 1.26. The first-order valence-electron chi connectivity index (χ1n) is 5.51. The van der Waals surface area contributed by atoms with E-state index in [2.05, 4.69) is 20.7 Å². The lowest BCUT2D eigenvalue weighted by Crippen LogP contribution is -2.33. The van der Waals surface area contributed by atoms with Gasteiger partial charge < -0.3 is 10.2 Å². The molecule has 1 unspecified atom stereocenters. The first-order chi connectivity index (χ1) is 8.81. The number of thiophene rings is 1. The Morgan fingerprint density at radius 3 is 2.68 bits per heavy atom. The summed E-state index contributed by atoms with van der Waals surface area (Å²) in [5.74, 6) is -1.01. The highest BCUT2D eigenvalue weighted by Crippen LogP contribution is 2.33. The molecule has 0 aromatic carbocycles. The minimum Gasteiger partial charge on any atom is -0.477 e. The number of sulfonamides is 1. The number of carboxylic acid groups (broad SMARTS) is 1. The number of nitrogens with one attached hydrogen (secondary N) is 1. The Bertz CT molecular complexity index is 593. The number of rotatable bonds is 6. The molecule has 0 radical (unpaired) electrons. The van der Waals surface area contributed by atoms with Gasteiger partial charge in [-0.3, -0.25) is 0 Å². The van der Waals surface area contributed by atoms with Gasteiger partial charge in [0.05, 0.1) is 9.89 Å². The van der Waals surface area contributed by atoms with Gasteiger partial charge in [-0.25, -0.2) is 17.9 Å². The first kappa shape index (κ1) is 14.9. The molecule has 3 N–H and O–H groups in total. The van der Waals surface area contributed by atoms with Crippen molar-refractivity contribution < 1.29 is 23.4 Å². The zero-order valence-electron chi connectivity index (χ0n) is 9.67. The van der Waals surface area contributed by atoms with Gasteiger partial charge in [0.2, 0.25) is 10.0 Å². The average Bonchev–Trinajstić information content (AvgIpc) is 3.09. The van der Waals surface area contributed by atoms with Crippen LogP contribution in [0.25, 0.3) is 0 Å². The van der Waals surface area contributed by atoms with Gasteiger partial charge in [-0.15, -0.1) is 11.3 Å². The molecule has 0 saturated heterocycles. The minimum atomic E-state index is -3.81. The number of carboxylic acids is 1. The second kappa shape index (κ2) is 5.49. The van der Waals surface area contributed by atoms with Crippen LogP contribution in [0, 0.1) is 5.92 Å². The van der Waals surface area contributed by atoms with E-state index >= 15 is 0 Å². The Hall–Kier alpha value is -0.480. The summed E-state index contributed by atoms with van der Waals surface area (Å²) in [6.45, 7) is -0.0578. The van der Waals surface area contributed by atoms with Crippen LogP contribution in [0.1, 0.15) is 22.5 Å². The summed E-state index contributed by atoms with van der Waals surface area (Å²) in [6.07, 6.45) is 1.13. The molecular formula is C10H12BrNO5S2. The molecule has 0 spiro atoms. The van der Waals surface area contributed by atoms with Crippen molar-refractivity contribution in [3.63, 3.8) is 0 Å². The lowest BCUT2D eigenvalue weighted by molar-refractivity contribution is 0.0702. The summed E-state index contributed by atoms with van der Waals surface area (Å²) in [5.41, 5.74) is 0. The highest BCUT2D eigenvalue weighted by molar-refractivity contribution is 9.11. The van der Waals surface area contributed by atoms with Gasteiger partial charge in [-0.05, 0) is 40.8 Å². The molecule has 1 atom stereocenters. The van der Waals surface area contributed by atoms with Crippen molar-refractivity contribution in [3.05, 3.63) is 14.7 Å². The summed E-state index contributed by atoms with van der Waals surface area (Å²) < 4.78 is 26.5. The predicted molar refractivity (Wildman–Crippen MR) is 72.9 cm³/mol. The normalized spacial score (nSPS) is 17.4. The number of hydrogen-bond donors (Lipinski definition) is 3. The highest BCUT2D eigenvalue weighted by Gasteiger charge is 2.31. The Morgan fingerprint density at radius 2 is 2.21 bits per heavy atom. The molecule has 1 saturated carbocycles. The fourth-order valence-corrected chi connectivity index (χ4v) is 5.01. The van der Waals surface area contributed by atoms with E-state index in [-0.39, 0.29) is 26.0 Å². The molecule has 106 valence electrons. The van der Waals surface area contributed by atoms with Crippen LogP contribution in [0.15, 0.2) is 14.7 Å². The fraction of sp³-hybridized carbons (Fsp3) is 0.500. The van der Waals surface area contributed by atoms with Crippen LogP contribution in [-0.4, -0.2) is 37.2 Å². The second-order valence-corrected chi connectivity index (χ2v) is 8.42. The Balaban J connectivity index is 2.12. The molecule has 19 heavy (non-hydrogen) atoms. The zero-order valence-corrected chi connectivity index (χ0v) is 12.9. The summed E-state index contributed by atoms with van der Waals surface area (Å²) in [6, 6.07) is 1.10. The Labute approximate surface area is 122 Å². The maximum absolute atomic E-state index is 12.0. The standard InChI is InChI=1S/C10H12BrNO5S2/c11-9-8(3-7(18-9)10(14)15)19(16,17)12-4-6(13)5-1-2-5/h3,5-6,12-13H,1-2,4H2,(H,14,15). The minimum absolute atomic E-state index is 0.0578. The van der Waals surface area contributed by atoms with Crippen molar-refractivity contribution in [1.29, 1.82) is 0 Å². The van der Waals surface area contributed by atoms with Gasteiger partial charge in [0.1, 0.15) is 9.77 Å². The van der Waals surface area contributed by atoms with Crippen LogP contribution >= 0.6 is 27.3 Å². The van der Waals surface area contributed by atoms with Gasteiger partial charge >= 0.3 is 5.97 Å². The quantitative estimate of drug-likeness (QED) is 0.700. The zero-order chi connectivity index (χ0) is 14.2. The molecular weight excluding hydrogens is 358 g/mol. The average molecular weight is 370 g/mol. The molecule has 0 aliphatic heterocycles. The summed E-state index contributed by atoms with van der Waals surface area (Å²) in [5, 5.41) is 18.5. The summed E-state index contributed by atoms with van der Waals surface area (Å²) in [7, 11) is -3.81. The molecule has 0 bridgehead atoms. The second-order valence-electron chi connectivity index (χ2n) is 4.31. The van der Waals surface area contributed by atoms with Gasteiger partial charge in [-0.2, -0.15) is 0 Å². The summed E-state index contributed by atoms with van der Waals surface area (Å²) in [4.78, 5) is 10.6. The van der Waals surface area contributed by atoms with Crippen LogP contribution in [0.5, 0.6) is 0 Å². The largest absolute Gasteiger partial charge is 0.477 e. The third kappa shape index (κ3) is 3.54. The van der Waals surface area contributed by atoms with Crippen molar-refractivity contribution in [2.75, 3.05) is 6.54 Å². The Kier molecular flexibility index (Phi) is 4.31. The van der Waals surface area contributed by atoms with E-state index in [0.29, 0.717) is 0 Å². The van der Waals surface area contributed by atoms with E-state index < -0.39 is 22.1 Å². The van der Waals surface area contributed by atoms with Crippen molar-refractivity contribution >= 4 is 43.3 Å². The van der Waals surface area contributed by atoms with Crippen LogP contribution in [0.3, 0.4) is 0 Å². The van der Waals surface area contributed by atoms with Crippen molar-refractivity contribution in [3.8, 4) is 0 Å². The number of halogens is 1. The molecule has 0 amide bonds. The maximum Gasteiger partial charge on any atom is 0.345 e. The van der Waals surface area contributed by atoms with E-state index in [1.54, 1.807) is 0 Å². The molecule has 9 heteroatoms. The molecule has 2 rings (SSSR count). The van der Waals surface area contributed by atoms with Gasteiger partial charge in [-0.1, -0.05) is 0 Å². The van der Waals surface area contributed by atoms with Crippen LogP contribution in [-0.2, 0) is 10.0 Å². The van der Waals surface area contributed by atoms with E-state index in [1.165, 1.54) is 0 Å². The van der Waals surface area contributed by atoms with Crippen molar-refractivity contribution in [2.45, 2.75) is 23.8 Å². The number of aliphatic hydroxyl groups is 1.